The summed E-state index contributed by atoms with van der Waals surface area (Å²) in [6.45, 7) is 4.23. The maximum atomic E-state index is 2.16. The van der Waals surface area contributed by atoms with Gasteiger partial charge in [0, 0.05) is 0 Å². The molecule has 0 atom stereocenters. The fourth-order valence-electron chi connectivity index (χ4n) is 0.632. The second-order valence-corrected chi connectivity index (χ2v) is 1.72. The molecule has 0 unspecified atom stereocenters. The first kappa shape index (κ1) is 7.54. The molecule has 1 heteroatoms. The van der Waals surface area contributed by atoms with Gasteiger partial charge in [0.25, 0.3) is 0 Å². The molecule has 0 aromatic carbocycles. The molecule has 0 heterocycles. The molecule has 0 spiro atoms. The second-order valence-electron chi connectivity index (χ2n) is 1.72. The Hall–Kier alpha value is -0.455. The average Bonchev–Trinajstić information content (AvgIpc) is 1.83. The van der Waals surface area contributed by atoms with Gasteiger partial charge in [-0.25, -0.2) is 0 Å². The number of hydrogen-bond acceptors (Lipinski definition) is 0. The minimum Gasteiger partial charge on any atom is -0.124 e. The van der Waals surface area contributed by atoms with Crippen molar-refractivity contribution < 1.29 is 0 Å². The molecular formula is C7H13B. The first-order valence-corrected chi connectivity index (χ1v) is 3.13. The van der Waals surface area contributed by atoms with Crippen molar-refractivity contribution in [2.45, 2.75) is 20.3 Å². The summed E-state index contributed by atoms with van der Waals surface area (Å²) in [5.74, 6) is 2.07. The van der Waals surface area contributed by atoms with Crippen LogP contribution in [0.15, 0.2) is 23.7 Å². The molecule has 8 heavy (non-hydrogen) atoms. The third kappa shape index (κ3) is 2.67. The third-order valence-electron chi connectivity index (χ3n) is 1.16. The summed E-state index contributed by atoms with van der Waals surface area (Å²) >= 11 is 0. The van der Waals surface area contributed by atoms with Crippen LogP contribution in [0.2, 0.25) is 0 Å². The summed E-state index contributed by atoms with van der Waals surface area (Å²) < 4.78 is 0. The Bertz CT molecular complexity index is 98.2. The summed E-state index contributed by atoms with van der Waals surface area (Å²) in [7, 11) is 2.04. The summed E-state index contributed by atoms with van der Waals surface area (Å²) in [5, 5.41) is 0. The smallest absolute Gasteiger partial charge is 0.124 e. The number of rotatable bonds is 2. The largest absolute Gasteiger partial charge is 0.129 e. The van der Waals surface area contributed by atoms with Crippen LogP contribution in [-0.2, 0) is 0 Å². The van der Waals surface area contributed by atoms with Crippen LogP contribution >= 0.6 is 0 Å². The minimum atomic E-state index is 1.14. The van der Waals surface area contributed by atoms with Crippen LogP contribution in [-0.4, -0.2) is 7.85 Å². The first-order valence-electron chi connectivity index (χ1n) is 3.13. The lowest BCUT2D eigenvalue weighted by atomic mass is 10.1. The van der Waals surface area contributed by atoms with Crippen LogP contribution in [0.4, 0.5) is 0 Å². The van der Waals surface area contributed by atoms with Gasteiger partial charge in [-0.2, -0.15) is 0 Å². The maximum absolute atomic E-state index is 2.16. The van der Waals surface area contributed by atoms with Crippen molar-refractivity contribution in [3.05, 3.63) is 23.7 Å². The zero-order valence-corrected chi connectivity index (χ0v) is 5.94. The highest BCUT2D eigenvalue weighted by Gasteiger charge is 1.79. The topological polar surface area (TPSA) is 0 Å². The normalized spacial score (nSPS) is 13.0. The van der Waals surface area contributed by atoms with E-state index in [0.29, 0.717) is 0 Å². The molecule has 0 rings (SSSR count). The highest BCUT2D eigenvalue weighted by atomic mass is 13.8. The fraction of sp³-hybridized carbons (Fsp3) is 0.429. The van der Waals surface area contributed by atoms with Gasteiger partial charge in [0.1, 0.15) is 7.85 Å². The molecule has 0 nitrogen and oxygen atoms in total. The molecule has 0 N–H and O–H groups in total. The van der Waals surface area contributed by atoms with Crippen molar-refractivity contribution in [3.63, 3.8) is 0 Å². The van der Waals surface area contributed by atoms with E-state index in [-0.39, 0.29) is 0 Å². The standard InChI is InChI=1S/C7H13B/c1-3-7(4-2)5-6-8/h3,5-6H,4,8H2,1-2H3/b6-5-,7-3-. The second kappa shape index (κ2) is 4.70. The predicted molar refractivity (Wildman–Crippen MR) is 41.7 cm³/mol. The molecule has 0 bridgehead atoms. The minimum absolute atomic E-state index is 1.14. The predicted octanol–water partition coefficient (Wildman–Crippen LogP) is 1.49. The first-order chi connectivity index (χ1) is 3.85. The molecule has 0 aromatic rings. The summed E-state index contributed by atoms with van der Waals surface area (Å²) in [6, 6.07) is 0. The Balaban J connectivity index is 3.72. The monoisotopic (exact) mass is 108 g/mol. The number of hydrogen-bond donors (Lipinski definition) is 0. The van der Waals surface area contributed by atoms with Crippen molar-refractivity contribution in [3.8, 4) is 0 Å². The molecule has 0 amide bonds. The molecular weight excluding hydrogens is 94.9 g/mol. The summed E-state index contributed by atoms with van der Waals surface area (Å²) in [4.78, 5) is 0. The molecule has 0 aromatic heterocycles. The molecule has 0 aliphatic carbocycles. The Morgan fingerprint density at radius 1 is 1.62 bits per heavy atom. The van der Waals surface area contributed by atoms with E-state index in [1.54, 1.807) is 0 Å². The van der Waals surface area contributed by atoms with Crippen molar-refractivity contribution in [2.75, 3.05) is 0 Å². The van der Waals surface area contributed by atoms with E-state index < -0.39 is 0 Å². The lowest BCUT2D eigenvalue weighted by Gasteiger charge is -1.90. The number of allylic oxidation sites excluding steroid dienone is 3. The fourth-order valence-corrected chi connectivity index (χ4v) is 0.632. The van der Waals surface area contributed by atoms with Crippen molar-refractivity contribution >= 4 is 7.85 Å². The van der Waals surface area contributed by atoms with E-state index in [1.165, 1.54) is 5.57 Å². The average molecular weight is 108 g/mol. The highest BCUT2D eigenvalue weighted by Crippen LogP contribution is 1.99. The van der Waals surface area contributed by atoms with Crippen LogP contribution in [0.25, 0.3) is 0 Å². The van der Waals surface area contributed by atoms with Gasteiger partial charge in [0.2, 0.25) is 0 Å². The Kier molecular flexibility index (Phi) is 4.43. The van der Waals surface area contributed by atoms with Gasteiger partial charge in [-0.3, -0.25) is 0 Å². The van der Waals surface area contributed by atoms with E-state index in [0.717, 1.165) is 6.42 Å². The van der Waals surface area contributed by atoms with E-state index >= 15 is 0 Å². The van der Waals surface area contributed by atoms with Crippen LogP contribution in [0, 0.1) is 0 Å². The molecule has 0 saturated heterocycles. The SMILES string of the molecule is B/C=C\C(=C/C)CC. The van der Waals surface area contributed by atoms with Gasteiger partial charge in [0.15, 0.2) is 0 Å². The van der Waals surface area contributed by atoms with Gasteiger partial charge >= 0.3 is 0 Å². The third-order valence-corrected chi connectivity index (χ3v) is 1.16. The van der Waals surface area contributed by atoms with Gasteiger partial charge in [0.05, 0.1) is 0 Å². The van der Waals surface area contributed by atoms with Crippen molar-refractivity contribution in [1.82, 2.24) is 0 Å². The van der Waals surface area contributed by atoms with E-state index in [1.807, 2.05) is 7.85 Å². The zero-order valence-electron chi connectivity index (χ0n) is 5.94. The molecule has 0 aliphatic rings. The van der Waals surface area contributed by atoms with Crippen LogP contribution in [0.1, 0.15) is 20.3 Å². The highest BCUT2D eigenvalue weighted by molar-refractivity contribution is 6.17. The lowest BCUT2D eigenvalue weighted by Crippen LogP contribution is -1.70. The van der Waals surface area contributed by atoms with E-state index in [9.17, 15) is 0 Å². The zero-order chi connectivity index (χ0) is 6.41. The summed E-state index contributed by atoms with van der Waals surface area (Å²) in [6.07, 6.45) is 5.42. The molecule has 0 radical (unpaired) electrons. The quantitative estimate of drug-likeness (QED) is 0.371. The molecule has 0 aliphatic heterocycles. The Labute approximate surface area is 52.7 Å². The molecule has 0 fully saturated rings. The Morgan fingerprint density at radius 3 is 2.38 bits per heavy atom. The van der Waals surface area contributed by atoms with Crippen LogP contribution in [0.3, 0.4) is 0 Å². The van der Waals surface area contributed by atoms with Crippen molar-refractivity contribution in [1.29, 1.82) is 0 Å². The van der Waals surface area contributed by atoms with Gasteiger partial charge in [-0.05, 0) is 13.3 Å². The van der Waals surface area contributed by atoms with Gasteiger partial charge in [-0.15, -0.1) is 5.98 Å². The van der Waals surface area contributed by atoms with Gasteiger partial charge in [-0.1, -0.05) is 24.6 Å². The van der Waals surface area contributed by atoms with Crippen LogP contribution < -0.4 is 0 Å². The molecule has 0 saturated carbocycles. The maximum Gasteiger partial charge on any atom is 0.129 e. The van der Waals surface area contributed by atoms with Gasteiger partial charge < -0.3 is 0 Å². The summed E-state index contributed by atoms with van der Waals surface area (Å²) in [5.41, 5.74) is 1.41. The molecule has 44 valence electrons. The lowest BCUT2D eigenvalue weighted by molar-refractivity contribution is 1.14. The Morgan fingerprint density at radius 2 is 2.25 bits per heavy atom. The van der Waals surface area contributed by atoms with Crippen molar-refractivity contribution in [2.24, 2.45) is 0 Å². The van der Waals surface area contributed by atoms with E-state index in [2.05, 4.69) is 32.0 Å². The van der Waals surface area contributed by atoms with Crippen LogP contribution in [0.5, 0.6) is 0 Å². The van der Waals surface area contributed by atoms with E-state index in [4.69, 9.17) is 0 Å².